The van der Waals surface area contributed by atoms with Gasteiger partial charge in [-0.15, -0.1) is 0 Å². The number of hydrogen-bond acceptors (Lipinski definition) is 11. The lowest BCUT2D eigenvalue weighted by molar-refractivity contribution is -0.184. The first kappa shape index (κ1) is 29.2. The van der Waals surface area contributed by atoms with Crippen molar-refractivity contribution in [1.82, 2.24) is 9.55 Å². The Morgan fingerprint density at radius 3 is 1.98 bits per heavy atom. The largest absolute Gasteiger partial charge is 0.587 e. The summed E-state index contributed by atoms with van der Waals surface area (Å²) in [6.07, 6.45) is -9.63. The third-order valence-electron chi connectivity index (χ3n) is 5.90. The topological polar surface area (TPSA) is 154 Å². The van der Waals surface area contributed by atoms with Gasteiger partial charge in [0, 0.05) is 6.20 Å². The normalized spacial score (nSPS) is 22.7. The van der Waals surface area contributed by atoms with E-state index in [0.29, 0.717) is 16.1 Å². The molecule has 2 unspecified atom stereocenters. The Bertz CT molecular complexity index is 1360. The van der Waals surface area contributed by atoms with Crippen molar-refractivity contribution in [2.45, 2.75) is 30.5 Å². The van der Waals surface area contributed by atoms with Gasteiger partial charge in [-0.2, -0.15) is 4.98 Å². The SMILES string of the molecule is COc1ccc(OP(=O)(OC[C@@]2(C(F)F)O[C@@H](n3ccc(N)nc3=O)C(O)C2F)Oc2ccc(OC)cc2)cc1. The minimum absolute atomic E-state index is 0.0645. The van der Waals surface area contributed by atoms with E-state index in [1.165, 1.54) is 62.8 Å². The monoisotopic (exact) mass is 587 g/mol. The van der Waals surface area contributed by atoms with E-state index in [1.807, 2.05) is 0 Å². The number of methoxy groups -OCH3 is 2. The van der Waals surface area contributed by atoms with E-state index >= 15 is 4.39 Å². The lowest BCUT2D eigenvalue weighted by Gasteiger charge is -2.30. The van der Waals surface area contributed by atoms with Crippen LogP contribution in [0.15, 0.2) is 65.6 Å². The third-order valence-corrected chi connectivity index (χ3v) is 7.21. The molecular weight excluding hydrogens is 562 g/mol. The van der Waals surface area contributed by atoms with Gasteiger partial charge in [0.1, 0.15) is 34.9 Å². The van der Waals surface area contributed by atoms with Crippen LogP contribution in [-0.2, 0) is 13.8 Å². The maximum absolute atomic E-state index is 15.3. The van der Waals surface area contributed by atoms with Gasteiger partial charge < -0.3 is 34.1 Å². The number of anilines is 1. The molecule has 16 heteroatoms. The number of rotatable bonds is 11. The van der Waals surface area contributed by atoms with Crippen LogP contribution in [0.5, 0.6) is 23.0 Å². The Kier molecular flexibility index (Phi) is 8.59. The second-order valence-corrected chi connectivity index (χ2v) is 9.97. The van der Waals surface area contributed by atoms with Crippen LogP contribution in [0, 0.1) is 0 Å². The fraction of sp³-hybridized carbons (Fsp3) is 0.333. The van der Waals surface area contributed by atoms with Crippen molar-refractivity contribution in [3.05, 3.63) is 71.3 Å². The van der Waals surface area contributed by atoms with E-state index in [0.717, 1.165) is 12.3 Å². The maximum atomic E-state index is 15.3. The molecule has 1 aliphatic rings. The molecule has 1 aromatic heterocycles. The summed E-state index contributed by atoms with van der Waals surface area (Å²) in [5.74, 6) is 0.544. The molecule has 40 heavy (non-hydrogen) atoms. The minimum atomic E-state index is -4.84. The summed E-state index contributed by atoms with van der Waals surface area (Å²) >= 11 is 0. The van der Waals surface area contributed by atoms with Crippen LogP contribution in [0.1, 0.15) is 6.23 Å². The first-order valence-corrected chi connectivity index (χ1v) is 13.0. The fourth-order valence-corrected chi connectivity index (χ4v) is 5.03. The van der Waals surface area contributed by atoms with Crippen LogP contribution in [0.2, 0.25) is 0 Å². The summed E-state index contributed by atoms with van der Waals surface area (Å²) in [7, 11) is -2.00. The molecule has 0 radical (unpaired) electrons. The zero-order valence-electron chi connectivity index (χ0n) is 21.1. The van der Waals surface area contributed by atoms with E-state index < -0.39 is 50.6 Å². The quantitative estimate of drug-likeness (QED) is 0.318. The standard InChI is InChI=1S/C24H25F3N3O9P/c1-34-14-3-7-16(8-4-14)38-40(33,39-17-9-5-15(35-2)6-10-17)36-13-24(22(26)27)20(25)19(31)21(37-24)30-12-11-18(28)29-23(30)32/h3-12,19-22,31H,13H2,1-2H3,(H2,28,29,32)/t19?,20?,21-,24-/m1/s1. The molecular formula is C24H25F3N3O9P. The number of benzene rings is 2. The number of aromatic nitrogens is 2. The van der Waals surface area contributed by atoms with Crippen LogP contribution < -0.4 is 29.9 Å². The number of hydrogen-bond donors (Lipinski definition) is 2. The summed E-state index contributed by atoms with van der Waals surface area (Å²) in [6.45, 7) is -1.42. The highest BCUT2D eigenvalue weighted by molar-refractivity contribution is 7.49. The molecule has 2 aromatic carbocycles. The molecule has 1 fully saturated rings. The molecule has 216 valence electrons. The van der Waals surface area contributed by atoms with E-state index in [-0.39, 0.29) is 17.3 Å². The van der Waals surface area contributed by atoms with Crippen LogP contribution >= 0.6 is 7.82 Å². The zero-order chi connectivity index (χ0) is 29.1. The van der Waals surface area contributed by atoms with Crippen molar-refractivity contribution in [3.8, 4) is 23.0 Å². The molecule has 2 heterocycles. The summed E-state index contributed by atoms with van der Waals surface area (Å²) in [5.41, 5.74) is 1.16. The lowest BCUT2D eigenvalue weighted by atomic mass is 9.98. The smallest absolute Gasteiger partial charge is 0.497 e. The first-order chi connectivity index (χ1) is 19.0. The predicted molar refractivity (Wildman–Crippen MR) is 133 cm³/mol. The van der Waals surface area contributed by atoms with Crippen molar-refractivity contribution in [2.24, 2.45) is 0 Å². The number of ether oxygens (including phenoxy) is 3. The number of aliphatic hydroxyl groups excluding tert-OH is 1. The number of nitrogens with zero attached hydrogens (tertiary/aromatic N) is 2. The predicted octanol–water partition coefficient (Wildman–Crippen LogP) is 3.36. The molecule has 1 saturated heterocycles. The highest BCUT2D eigenvalue weighted by atomic mass is 31.2. The summed E-state index contributed by atoms with van der Waals surface area (Å²) in [6, 6.07) is 12.4. The average molecular weight is 587 g/mol. The van der Waals surface area contributed by atoms with E-state index in [1.54, 1.807) is 0 Å². The molecule has 0 aliphatic carbocycles. The highest BCUT2D eigenvalue weighted by Gasteiger charge is 2.63. The van der Waals surface area contributed by atoms with Gasteiger partial charge in [-0.25, -0.2) is 22.5 Å². The Morgan fingerprint density at radius 2 is 1.52 bits per heavy atom. The molecule has 4 rings (SSSR count). The van der Waals surface area contributed by atoms with Gasteiger partial charge in [0.05, 0.1) is 20.8 Å². The van der Waals surface area contributed by atoms with Gasteiger partial charge in [0.15, 0.2) is 18.0 Å². The van der Waals surface area contributed by atoms with Gasteiger partial charge in [-0.3, -0.25) is 9.09 Å². The van der Waals surface area contributed by atoms with Crippen molar-refractivity contribution in [2.75, 3.05) is 26.6 Å². The average Bonchev–Trinajstić information content (AvgIpc) is 3.19. The number of phosphoric acid groups is 1. The molecule has 4 atom stereocenters. The summed E-state index contributed by atoms with van der Waals surface area (Å²) in [5, 5.41) is 10.4. The van der Waals surface area contributed by atoms with Crippen LogP contribution in [0.25, 0.3) is 0 Å². The van der Waals surface area contributed by atoms with Gasteiger partial charge in [0.25, 0.3) is 6.43 Å². The molecule has 0 saturated carbocycles. The van der Waals surface area contributed by atoms with Crippen LogP contribution in [-0.4, -0.2) is 59.8 Å². The molecule has 12 nitrogen and oxygen atoms in total. The van der Waals surface area contributed by atoms with E-state index in [2.05, 4.69) is 4.98 Å². The van der Waals surface area contributed by atoms with E-state index in [4.69, 9.17) is 33.5 Å². The summed E-state index contributed by atoms with van der Waals surface area (Å²) < 4.78 is 89.8. The van der Waals surface area contributed by atoms with E-state index in [9.17, 15) is 23.2 Å². The Morgan fingerprint density at radius 1 is 1.02 bits per heavy atom. The minimum Gasteiger partial charge on any atom is -0.497 e. The molecule has 0 bridgehead atoms. The van der Waals surface area contributed by atoms with Crippen molar-refractivity contribution >= 4 is 13.6 Å². The fourth-order valence-electron chi connectivity index (χ4n) is 3.77. The van der Waals surface area contributed by atoms with Crippen molar-refractivity contribution in [1.29, 1.82) is 0 Å². The second-order valence-electron chi connectivity index (χ2n) is 8.45. The highest BCUT2D eigenvalue weighted by Crippen LogP contribution is 2.53. The number of nitrogen functional groups attached to an aromatic ring is 1. The second kappa shape index (κ2) is 11.8. The molecule has 3 N–H and O–H groups in total. The Balaban J connectivity index is 1.64. The molecule has 1 aliphatic heterocycles. The Hall–Kier alpha value is -3.78. The first-order valence-electron chi connectivity index (χ1n) is 11.5. The number of nitrogens with two attached hydrogens (primary N) is 1. The van der Waals surface area contributed by atoms with Gasteiger partial charge in [0.2, 0.25) is 0 Å². The maximum Gasteiger partial charge on any atom is 0.587 e. The van der Waals surface area contributed by atoms with Gasteiger partial charge >= 0.3 is 13.5 Å². The van der Waals surface area contributed by atoms with Gasteiger partial charge in [-0.1, -0.05) is 0 Å². The number of halogens is 3. The Labute approximate surface area is 225 Å². The number of aliphatic hydroxyl groups is 1. The zero-order valence-corrected chi connectivity index (χ0v) is 22.0. The number of phosphoric ester groups is 1. The third kappa shape index (κ3) is 6.02. The number of alkyl halides is 3. The van der Waals surface area contributed by atoms with Gasteiger partial charge in [-0.05, 0) is 54.6 Å². The van der Waals surface area contributed by atoms with Crippen molar-refractivity contribution in [3.63, 3.8) is 0 Å². The lowest BCUT2D eigenvalue weighted by Crippen LogP contribution is -2.50. The van der Waals surface area contributed by atoms with Crippen molar-refractivity contribution < 1.29 is 50.6 Å². The summed E-state index contributed by atoms with van der Waals surface area (Å²) in [4.78, 5) is 15.6. The van der Waals surface area contributed by atoms with Crippen LogP contribution in [0.3, 0.4) is 0 Å². The van der Waals surface area contributed by atoms with Crippen LogP contribution in [0.4, 0.5) is 19.0 Å². The molecule has 3 aromatic rings. The molecule has 0 amide bonds. The molecule has 0 spiro atoms.